The summed E-state index contributed by atoms with van der Waals surface area (Å²) in [5.74, 6) is 0.503. The van der Waals surface area contributed by atoms with Crippen LogP contribution >= 0.6 is 0 Å². The number of carbonyl (C=O) groups is 1. The van der Waals surface area contributed by atoms with E-state index in [0.29, 0.717) is 12.2 Å². The first-order chi connectivity index (χ1) is 9.88. The SMILES string of the molecule is CCCC(C)(CO)NC(=O)Nc1ccn(CCN(C)C)n1. The van der Waals surface area contributed by atoms with Crippen LogP contribution in [0.1, 0.15) is 26.7 Å². The van der Waals surface area contributed by atoms with E-state index in [0.717, 1.165) is 19.5 Å². The number of urea groups is 1. The quantitative estimate of drug-likeness (QED) is 0.671. The van der Waals surface area contributed by atoms with Gasteiger partial charge in [-0.25, -0.2) is 4.79 Å². The Morgan fingerprint density at radius 1 is 1.52 bits per heavy atom. The molecule has 3 N–H and O–H groups in total. The zero-order valence-corrected chi connectivity index (χ0v) is 13.4. The fourth-order valence-corrected chi connectivity index (χ4v) is 2.01. The van der Waals surface area contributed by atoms with Gasteiger partial charge in [0.2, 0.25) is 0 Å². The van der Waals surface area contributed by atoms with Crippen molar-refractivity contribution in [1.29, 1.82) is 0 Å². The summed E-state index contributed by atoms with van der Waals surface area (Å²) in [5.41, 5.74) is -0.605. The fourth-order valence-electron chi connectivity index (χ4n) is 2.01. The Morgan fingerprint density at radius 2 is 2.24 bits per heavy atom. The summed E-state index contributed by atoms with van der Waals surface area (Å²) < 4.78 is 1.78. The molecule has 1 heterocycles. The number of carbonyl (C=O) groups excluding carboxylic acids is 1. The summed E-state index contributed by atoms with van der Waals surface area (Å²) in [7, 11) is 4.00. The molecule has 0 aliphatic carbocycles. The first-order valence-corrected chi connectivity index (χ1v) is 7.27. The zero-order chi connectivity index (χ0) is 15.9. The number of hydrogen-bond donors (Lipinski definition) is 3. The average molecular weight is 297 g/mol. The lowest BCUT2D eigenvalue weighted by Gasteiger charge is -2.28. The van der Waals surface area contributed by atoms with Gasteiger partial charge in [-0.2, -0.15) is 5.10 Å². The third-order valence-electron chi connectivity index (χ3n) is 3.22. The van der Waals surface area contributed by atoms with Crippen molar-refractivity contribution in [1.82, 2.24) is 20.0 Å². The minimum Gasteiger partial charge on any atom is -0.394 e. The first-order valence-electron chi connectivity index (χ1n) is 7.27. The summed E-state index contributed by atoms with van der Waals surface area (Å²) in [4.78, 5) is 14.0. The molecule has 1 atom stereocenters. The number of amides is 2. The fraction of sp³-hybridized carbons (Fsp3) is 0.714. The third kappa shape index (κ3) is 6.14. The summed E-state index contributed by atoms with van der Waals surface area (Å²) >= 11 is 0. The Bertz CT molecular complexity index is 446. The Morgan fingerprint density at radius 3 is 2.81 bits per heavy atom. The van der Waals surface area contributed by atoms with Crippen molar-refractivity contribution >= 4 is 11.8 Å². The zero-order valence-electron chi connectivity index (χ0n) is 13.4. The van der Waals surface area contributed by atoms with Crippen molar-refractivity contribution in [3.05, 3.63) is 12.3 Å². The Kier molecular flexibility index (Phi) is 6.64. The maximum absolute atomic E-state index is 11.9. The molecule has 0 aromatic carbocycles. The van der Waals surface area contributed by atoms with Gasteiger partial charge in [-0.3, -0.25) is 10.00 Å². The number of anilines is 1. The summed E-state index contributed by atoms with van der Waals surface area (Å²) in [6.45, 7) is 5.39. The lowest BCUT2D eigenvalue weighted by atomic mass is 9.98. The maximum Gasteiger partial charge on any atom is 0.320 e. The molecule has 21 heavy (non-hydrogen) atoms. The standard InChI is InChI=1S/C14H27N5O2/c1-5-7-14(2,11-20)16-13(21)15-12-6-8-19(17-12)10-9-18(3)4/h6,8,20H,5,7,9-11H2,1-4H3,(H2,15,16,17,21). The van der Waals surface area contributed by atoms with Gasteiger partial charge in [0.05, 0.1) is 18.7 Å². The second-order valence-electron chi connectivity index (χ2n) is 5.82. The number of aliphatic hydroxyl groups excluding tert-OH is 1. The van der Waals surface area contributed by atoms with Crippen molar-refractivity contribution in [2.45, 2.75) is 38.8 Å². The van der Waals surface area contributed by atoms with Gasteiger partial charge in [0.15, 0.2) is 5.82 Å². The normalized spacial score (nSPS) is 14.0. The molecular formula is C14H27N5O2. The molecule has 7 nitrogen and oxygen atoms in total. The van der Waals surface area contributed by atoms with Gasteiger partial charge in [0.1, 0.15) is 0 Å². The summed E-state index contributed by atoms with van der Waals surface area (Å²) in [5, 5.41) is 19.2. The second kappa shape index (κ2) is 7.99. The molecule has 1 aromatic heterocycles. The molecule has 0 saturated carbocycles. The van der Waals surface area contributed by atoms with Gasteiger partial charge in [-0.05, 0) is 27.4 Å². The van der Waals surface area contributed by atoms with Crippen molar-refractivity contribution < 1.29 is 9.90 Å². The molecule has 120 valence electrons. The molecular weight excluding hydrogens is 270 g/mol. The molecule has 0 aliphatic heterocycles. The van der Waals surface area contributed by atoms with Crippen LogP contribution in [0.4, 0.5) is 10.6 Å². The summed E-state index contributed by atoms with van der Waals surface area (Å²) in [6, 6.07) is 1.41. The Hall–Kier alpha value is -1.60. The maximum atomic E-state index is 11.9. The Labute approximate surface area is 126 Å². The molecule has 0 radical (unpaired) electrons. The van der Waals surface area contributed by atoms with E-state index in [2.05, 4.69) is 20.6 Å². The monoisotopic (exact) mass is 297 g/mol. The van der Waals surface area contributed by atoms with E-state index >= 15 is 0 Å². The molecule has 2 amide bonds. The van der Waals surface area contributed by atoms with E-state index in [1.807, 2.05) is 34.1 Å². The van der Waals surface area contributed by atoms with E-state index < -0.39 is 5.54 Å². The van der Waals surface area contributed by atoms with Crippen LogP contribution in [0.25, 0.3) is 0 Å². The lowest BCUT2D eigenvalue weighted by molar-refractivity contribution is 0.167. The smallest absolute Gasteiger partial charge is 0.320 e. The highest BCUT2D eigenvalue weighted by Gasteiger charge is 2.24. The molecule has 0 aliphatic rings. The molecule has 0 spiro atoms. The highest BCUT2D eigenvalue weighted by Crippen LogP contribution is 2.12. The molecule has 7 heteroatoms. The van der Waals surface area contributed by atoms with Crippen LogP contribution < -0.4 is 10.6 Å². The number of likely N-dealkylation sites (N-methyl/N-ethyl adjacent to an activating group) is 1. The predicted molar refractivity (Wildman–Crippen MR) is 83.3 cm³/mol. The minimum absolute atomic E-state index is 0.0917. The van der Waals surface area contributed by atoms with Gasteiger partial charge in [0.25, 0.3) is 0 Å². The van der Waals surface area contributed by atoms with Crippen LogP contribution in [0.3, 0.4) is 0 Å². The summed E-state index contributed by atoms with van der Waals surface area (Å²) in [6.07, 6.45) is 3.43. The molecule has 0 bridgehead atoms. The first kappa shape index (κ1) is 17.5. The average Bonchev–Trinajstić information content (AvgIpc) is 2.84. The molecule has 1 rings (SSSR count). The van der Waals surface area contributed by atoms with E-state index in [4.69, 9.17) is 0 Å². The number of nitrogens with one attached hydrogen (secondary N) is 2. The van der Waals surface area contributed by atoms with Gasteiger partial charge < -0.3 is 15.3 Å². The van der Waals surface area contributed by atoms with Crippen molar-refractivity contribution in [2.75, 3.05) is 32.6 Å². The van der Waals surface area contributed by atoms with Crippen LogP contribution in [-0.4, -0.2) is 58.6 Å². The van der Waals surface area contributed by atoms with Gasteiger partial charge >= 0.3 is 6.03 Å². The number of aliphatic hydroxyl groups is 1. The number of hydrogen-bond acceptors (Lipinski definition) is 4. The van der Waals surface area contributed by atoms with E-state index in [-0.39, 0.29) is 12.6 Å². The van der Waals surface area contributed by atoms with E-state index in [1.54, 1.807) is 10.7 Å². The number of aromatic nitrogens is 2. The molecule has 1 unspecified atom stereocenters. The second-order valence-corrected chi connectivity index (χ2v) is 5.82. The minimum atomic E-state index is -0.605. The van der Waals surface area contributed by atoms with Crippen LogP contribution in [-0.2, 0) is 6.54 Å². The van der Waals surface area contributed by atoms with Crippen molar-refractivity contribution in [2.24, 2.45) is 0 Å². The van der Waals surface area contributed by atoms with Gasteiger partial charge in [-0.15, -0.1) is 0 Å². The van der Waals surface area contributed by atoms with Crippen LogP contribution in [0, 0.1) is 0 Å². The topological polar surface area (TPSA) is 82.4 Å². The van der Waals surface area contributed by atoms with E-state index in [1.165, 1.54) is 0 Å². The van der Waals surface area contributed by atoms with E-state index in [9.17, 15) is 9.90 Å². The van der Waals surface area contributed by atoms with Crippen molar-refractivity contribution in [3.8, 4) is 0 Å². The predicted octanol–water partition coefficient (Wildman–Crippen LogP) is 1.12. The Balaban J connectivity index is 2.51. The molecule has 1 aromatic rings. The van der Waals surface area contributed by atoms with Crippen LogP contribution in [0.2, 0.25) is 0 Å². The van der Waals surface area contributed by atoms with Crippen molar-refractivity contribution in [3.63, 3.8) is 0 Å². The number of nitrogens with zero attached hydrogens (tertiary/aromatic N) is 3. The van der Waals surface area contributed by atoms with Gasteiger partial charge in [0, 0.05) is 18.8 Å². The van der Waals surface area contributed by atoms with Crippen LogP contribution in [0.5, 0.6) is 0 Å². The molecule has 0 fully saturated rings. The lowest BCUT2D eigenvalue weighted by Crippen LogP contribution is -2.50. The van der Waals surface area contributed by atoms with Gasteiger partial charge in [-0.1, -0.05) is 13.3 Å². The molecule has 0 saturated heterocycles. The largest absolute Gasteiger partial charge is 0.394 e. The highest BCUT2D eigenvalue weighted by atomic mass is 16.3. The number of rotatable bonds is 8. The third-order valence-corrected chi connectivity index (χ3v) is 3.22. The highest BCUT2D eigenvalue weighted by molar-refractivity contribution is 5.88. The van der Waals surface area contributed by atoms with Crippen LogP contribution in [0.15, 0.2) is 12.3 Å².